The third-order valence-corrected chi connectivity index (χ3v) is 3.48. The Morgan fingerprint density at radius 2 is 1.87 bits per heavy atom. The van der Waals surface area contributed by atoms with Gasteiger partial charge >= 0.3 is 0 Å². The summed E-state index contributed by atoms with van der Waals surface area (Å²) in [5.41, 5.74) is 0.0712. The first-order valence-corrected chi connectivity index (χ1v) is 5.98. The van der Waals surface area contributed by atoms with Gasteiger partial charge in [0.25, 0.3) is 10.1 Å². The Labute approximate surface area is 96.6 Å². The number of carbonyl (C=O) groups is 1. The van der Waals surface area contributed by atoms with Gasteiger partial charge < -0.3 is 4.79 Å². The van der Waals surface area contributed by atoms with Crippen LogP contribution in [0.2, 0.25) is 10.0 Å². The number of hydrogen-bond donors (Lipinski definition) is 1. The minimum absolute atomic E-state index is 0.0712. The lowest BCUT2D eigenvalue weighted by Crippen LogP contribution is -2.13. The molecule has 1 aromatic carbocycles. The molecule has 1 aromatic rings. The van der Waals surface area contributed by atoms with E-state index in [4.69, 9.17) is 27.8 Å². The molecule has 0 aromatic heterocycles. The fraction of sp³-hybridized carbons (Fsp3) is 0.125. The summed E-state index contributed by atoms with van der Waals surface area (Å²) < 4.78 is 30.4. The highest BCUT2D eigenvalue weighted by atomic mass is 35.5. The Balaban J connectivity index is 3.26. The molecule has 0 saturated heterocycles. The van der Waals surface area contributed by atoms with Gasteiger partial charge in [0.05, 0.1) is 10.0 Å². The van der Waals surface area contributed by atoms with Crippen LogP contribution in [0.5, 0.6) is 0 Å². The second kappa shape index (κ2) is 4.49. The van der Waals surface area contributed by atoms with Crippen LogP contribution >= 0.6 is 23.2 Å². The van der Waals surface area contributed by atoms with Crippen LogP contribution in [0.25, 0.3) is 0 Å². The van der Waals surface area contributed by atoms with Crippen molar-refractivity contribution in [2.75, 3.05) is 0 Å². The molecule has 0 bridgehead atoms. The Morgan fingerprint density at radius 1 is 1.27 bits per heavy atom. The highest BCUT2D eigenvalue weighted by Crippen LogP contribution is 2.27. The smallest absolute Gasteiger partial charge is 0.278 e. The topological polar surface area (TPSA) is 71.4 Å². The molecule has 0 heterocycles. The van der Waals surface area contributed by atoms with Gasteiger partial charge in [0.1, 0.15) is 6.29 Å². The molecule has 0 aliphatic rings. The Kier molecular flexibility index (Phi) is 3.72. The second-order valence-electron chi connectivity index (χ2n) is 2.75. The molecular formula is C8H6Cl2O4S. The van der Waals surface area contributed by atoms with Crippen LogP contribution in [0.3, 0.4) is 0 Å². The standard InChI is InChI=1S/C8H6Cl2O4S/c9-6-2-1-5(3-7(6)10)8(4-11)15(12,13)14/h1-4,8H,(H,12,13,14). The molecule has 0 radical (unpaired) electrons. The van der Waals surface area contributed by atoms with Crippen LogP contribution in [-0.2, 0) is 14.9 Å². The van der Waals surface area contributed by atoms with Gasteiger partial charge in [-0.1, -0.05) is 29.3 Å². The SMILES string of the molecule is O=CC(c1ccc(Cl)c(Cl)c1)S(=O)(=O)O. The van der Waals surface area contributed by atoms with Crippen molar-refractivity contribution in [2.24, 2.45) is 0 Å². The summed E-state index contributed by atoms with van der Waals surface area (Å²) in [5.74, 6) is 0. The molecule has 0 aliphatic heterocycles. The molecule has 0 amide bonds. The van der Waals surface area contributed by atoms with Crippen LogP contribution in [-0.4, -0.2) is 19.3 Å². The molecule has 1 N–H and O–H groups in total. The normalized spacial score (nSPS) is 13.5. The molecule has 4 nitrogen and oxygen atoms in total. The number of carbonyl (C=O) groups excluding carboxylic acids is 1. The van der Waals surface area contributed by atoms with Crippen LogP contribution < -0.4 is 0 Å². The molecule has 0 aliphatic carbocycles. The zero-order chi connectivity index (χ0) is 11.6. The fourth-order valence-electron chi connectivity index (χ4n) is 1.01. The van der Waals surface area contributed by atoms with E-state index in [1.165, 1.54) is 18.2 Å². The number of benzene rings is 1. The monoisotopic (exact) mass is 268 g/mol. The lowest BCUT2D eigenvalue weighted by molar-refractivity contribution is -0.107. The van der Waals surface area contributed by atoms with Crippen molar-refractivity contribution in [3.63, 3.8) is 0 Å². The molecule has 0 saturated carbocycles. The number of halogens is 2. The van der Waals surface area contributed by atoms with Gasteiger partial charge in [0.2, 0.25) is 0 Å². The Bertz CT molecular complexity index is 483. The zero-order valence-corrected chi connectivity index (χ0v) is 9.55. The van der Waals surface area contributed by atoms with E-state index < -0.39 is 15.4 Å². The van der Waals surface area contributed by atoms with Gasteiger partial charge in [-0.15, -0.1) is 0 Å². The predicted octanol–water partition coefficient (Wildman–Crippen LogP) is 2.12. The lowest BCUT2D eigenvalue weighted by atomic mass is 10.2. The lowest BCUT2D eigenvalue weighted by Gasteiger charge is -2.07. The summed E-state index contributed by atoms with van der Waals surface area (Å²) in [7, 11) is -4.47. The van der Waals surface area contributed by atoms with Gasteiger partial charge in [-0.2, -0.15) is 8.42 Å². The Hall–Kier alpha value is -0.620. The maximum atomic E-state index is 10.8. The van der Waals surface area contributed by atoms with E-state index in [1.54, 1.807) is 0 Å². The molecule has 7 heteroatoms. The van der Waals surface area contributed by atoms with E-state index in [-0.39, 0.29) is 21.9 Å². The third-order valence-electron chi connectivity index (χ3n) is 1.72. The molecule has 1 atom stereocenters. The number of aldehydes is 1. The highest BCUT2D eigenvalue weighted by molar-refractivity contribution is 7.86. The minimum atomic E-state index is -4.47. The highest BCUT2D eigenvalue weighted by Gasteiger charge is 2.24. The molecular weight excluding hydrogens is 263 g/mol. The van der Waals surface area contributed by atoms with E-state index in [0.29, 0.717) is 0 Å². The fourth-order valence-corrected chi connectivity index (χ4v) is 1.95. The van der Waals surface area contributed by atoms with Gasteiger partial charge in [0.15, 0.2) is 5.25 Å². The summed E-state index contributed by atoms with van der Waals surface area (Å²) in [6.45, 7) is 0. The quantitative estimate of drug-likeness (QED) is 0.674. The van der Waals surface area contributed by atoms with Crippen LogP contribution in [0.15, 0.2) is 18.2 Å². The predicted molar refractivity (Wildman–Crippen MR) is 56.8 cm³/mol. The van der Waals surface area contributed by atoms with Crippen molar-refractivity contribution in [3.05, 3.63) is 33.8 Å². The largest absolute Gasteiger partial charge is 0.301 e. The third kappa shape index (κ3) is 2.92. The first kappa shape index (κ1) is 12.4. The van der Waals surface area contributed by atoms with Gasteiger partial charge in [0, 0.05) is 0 Å². The van der Waals surface area contributed by atoms with Crippen molar-refractivity contribution in [2.45, 2.75) is 5.25 Å². The molecule has 82 valence electrons. The van der Waals surface area contributed by atoms with Gasteiger partial charge in [-0.3, -0.25) is 4.55 Å². The van der Waals surface area contributed by atoms with E-state index in [0.717, 1.165) is 0 Å². The minimum Gasteiger partial charge on any atom is -0.301 e. The van der Waals surface area contributed by atoms with Crippen molar-refractivity contribution in [1.82, 2.24) is 0 Å². The first-order valence-electron chi connectivity index (χ1n) is 3.73. The molecule has 1 rings (SSSR count). The van der Waals surface area contributed by atoms with Crippen molar-refractivity contribution < 1.29 is 17.8 Å². The average Bonchev–Trinajstić information content (AvgIpc) is 2.10. The Morgan fingerprint density at radius 3 is 2.27 bits per heavy atom. The molecule has 1 unspecified atom stereocenters. The average molecular weight is 269 g/mol. The first-order chi connectivity index (χ1) is 6.86. The van der Waals surface area contributed by atoms with Crippen LogP contribution in [0.4, 0.5) is 0 Å². The zero-order valence-electron chi connectivity index (χ0n) is 7.22. The van der Waals surface area contributed by atoms with Gasteiger partial charge in [-0.25, -0.2) is 0 Å². The van der Waals surface area contributed by atoms with E-state index in [2.05, 4.69) is 0 Å². The van der Waals surface area contributed by atoms with Crippen LogP contribution in [0, 0.1) is 0 Å². The van der Waals surface area contributed by atoms with Gasteiger partial charge in [-0.05, 0) is 17.7 Å². The van der Waals surface area contributed by atoms with E-state index in [1.807, 2.05) is 0 Å². The van der Waals surface area contributed by atoms with E-state index >= 15 is 0 Å². The summed E-state index contributed by atoms with van der Waals surface area (Å²) in [5, 5.41) is -1.28. The number of hydrogen-bond acceptors (Lipinski definition) is 3. The molecule has 15 heavy (non-hydrogen) atoms. The van der Waals surface area contributed by atoms with Crippen molar-refractivity contribution in [3.8, 4) is 0 Å². The second-order valence-corrected chi connectivity index (χ2v) is 5.10. The van der Waals surface area contributed by atoms with Crippen LogP contribution in [0.1, 0.15) is 10.8 Å². The summed E-state index contributed by atoms with van der Waals surface area (Å²) in [4.78, 5) is 10.5. The van der Waals surface area contributed by atoms with E-state index in [9.17, 15) is 13.2 Å². The summed E-state index contributed by atoms with van der Waals surface area (Å²) >= 11 is 11.3. The maximum Gasteiger partial charge on any atom is 0.278 e. The molecule has 0 fully saturated rings. The summed E-state index contributed by atoms with van der Waals surface area (Å²) in [6.07, 6.45) is 0.120. The molecule has 0 spiro atoms. The van der Waals surface area contributed by atoms with Crippen molar-refractivity contribution >= 4 is 39.6 Å². The number of rotatable bonds is 3. The maximum absolute atomic E-state index is 10.8. The van der Waals surface area contributed by atoms with Crippen molar-refractivity contribution in [1.29, 1.82) is 0 Å². The summed E-state index contributed by atoms with van der Waals surface area (Å²) in [6, 6.07) is 3.87.